The summed E-state index contributed by atoms with van der Waals surface area (Å²) in [5.74, 6) is 1.53. The van der Waals surface area contributed by atoms with Gasteiger partial charge in [-0.2, -0.15) is 4.98 Å². The van der Waals surface area contributed by atoms with Gasteiger partial charge >= 0.3 is 0 Å². The van der Waals surface area contributed by atoms with Crippen LogP contribution in [0.4, 0.5) is 5.82 Å². The molecule has 0 saturated carbocycles. The highest BCUT2D eigenvalue weighted by molar-refractivity contribution is 5.38. The number of hydrogen-bond donors (Lipinski definition) is 1. The average molecular weight is 208 g/mol. The molecule has 0 amide bonds. The normalized spacial score (nSPS) is 20.2. The summed E-state index contributed by atoms with van der Waals surface area (Å²) in [4.78, 5) is 4.34. The van der Waals surface area contributed by atoms with Gasteiger partial charge in [-0.15, -0.1) is 0 Å². The van der Waals surface area contributed by atoms with Crippen LogP contribution in [0.15, 0.2) is 18.2 Å². The molecule has 1 saturated heterocycles. The summed E-state index contributed by atoms with van der Waals surface area (Å²) in [6.07, 6.45) is 1.04. The predicted molar refractivity (Wildman–Crippen MR) is 58.3 cm³/mol. The van der Waals surface area contributed by atoms with Crippen molar-refractivity contribution >= 4 is 5.82 Å². The molecule has 1 aliphatic heterocycles. The molecular weight excluding hydrogens is 192 g/mol. The molecule has 2 rings (SSSR count). The second-order valence-electron chi connectivity index (χ2n) is 3.50. The Labute approximate surface area is 89.6 Å². The zero-order valence-corrected chi connectivity index (χ0v) is 8.90. The van der Waals surface area contributed by atoms with Crippen molar-refractivity contribution in [3.63, 3.8) is 0 Å². The van der Waals surface area contributed by atoms with Crippen molar-refractivity contribution in [2.45, 2.75) is 19.4 Å². The molecule has 0 bridgehead atoms. The monoisotopic (exact) mass is 208 g/mol. The van der Waals surface area contributed by atoms with E-state index in [0.29, 0.717) is 18.5 Å². The number of hydrogen-bond acceptors (Lipinski definition) is 4. The molecule has 1 fully saturated rings. The Morgan fingerprint density at radius 1 is 1.60 bits per heavy atom. The number of pyridine rings is 1. The van der Waals surface area contributed by atoms with E-state index >= 15 is 0 Å². The molecule has 0 spiro atoms. The number of nitrogens with zero attached hydrogens (tertiary/aromatic N) is 1. The van der Waals surface area contributed by atoms with Crippen LogP contribution in [0.25, 0.3) is 0 Å². The van der Waals surface area contributed by atoms with Crippen LogP contribution in [0.5, 0.6) is 5.88 Å². The largest absolute Gasteiger partial charge is 0.478 e. The lowest BCUT2D eigenvalue weighted by Crippen LogP contribution is -2.19. The lowest BCUT2D eigenvalue weighted by molar-refractivity contribution is 0.195. The zero-order chi connectivity index (χ0) is 10.5. The smallest absolute Gasteiger partial charge is 0.215 e. The molecule has 1 aromatic heterocycles. The summed E-state index contributed by atoms with van der Waals surface area (Å²) in [7, 11) is 0. The van der Waals surface area contributed by atoms with E-state index in [1.54, 1.807) is 0 Å². The molecule has 2 heterocycles. The van der Waals surface area contributed by atoms with Crippen LogP contribution in [0, 0.1) is 0 Å². The summed E-state index contributed by atoms with van der Waals surface area (Å²) in [6.45, 7) is 4.19. The minimum absolute atomic E-state index is 0.384. The van der Waals surface area contributed by atoms with Crippen molar-refractivity contribution in [1.82, 2.24) is 4.98 Å². The highest BCUT2D eigenvalue weighted by atomic mass is 16.5. The van der Waals surface area contributed by atoms with Crippen LogP contribution in [0.2, 0.25) is 0 Å². The SMILES string of the molecule is CCOc1cccc(NC2CCOC2)n1. The maximum atomic E-state index is 5.33. The first-order valence-corrected chi connectivity index (χ1v) is 5.32. The van der Waals surface area contributed by atoms with Crippen molar-refractivity contribution < 1.29 is 9.47 Å². The van der Waals surface area contributed by atoms with Gasteiger partial charge in [-0.05, 0) is 19.4 Å². The summed E-state index contributed by atoms with van der Waals surface area (Å²) in [6, 6.07) is 6.13. The van der Waals surface area contributed by atoms with Crippen molar-refractivity contribution in [2.24, 2.45) is 0 Å². The minimum Gasteiger partial charge on any atom is -0.478 e. The predicted octanol–water partition coefficient (Wildman–Crippen LogP) is 1.68. The Morgan fingerprint density at radius 3 is 3.27 bits per heavy atom. The van der Waals surface area contributed by atoms with Crippen molar-refractivity contribution in [2.75, 3.05) is 25.1 Å². The van der Waals surface area contributed by atoms with E-state index in [1.807, 2.05) is 25.1 Å². The van der Waals surface area contributed by atoms with Crippen LogP contribution in [-0.2, 0) is 4.74 Å². The third-order valence-electron chi connectivity index (χ3n) is 2.30. The summed E-state index contributed by atoms with van der Waals surface area (Å²) in [5, 5.41) is 3.32. The van der Waals surface area contributed by atoms with Crippen LogP contribution in [0.3, 0.4) is 0 Å². The van der Waals surface area contributed by atoms with Gasteiger partial charge in [-0.3, -0.25) is 0 Å². The average Bonchev–Trinajstić information content (AvgIpc) is 2.71. The maximum Gasteiger partial charge on any atom is 0.215 e. The highest BCUT2D eigenvalue weighted by Gasteiger charge is 2.15. The summed E-state index contributed by atoms with van der Waals surface area (Å²) < 4.78 is 10.6. The second-order valence-corrected chi connectivity index (χ2v) is 3.50. The summed E-state index contributed by atoms with van der Waals surface area (Å²) >= 11 is 0. The van der Waals surface area contributed by atoms with E-state index in [2.05, 4.69) is 10.3 Å². The molecule has 0 aliphatic carbocycles. The lowest BCUT2D eigenvalue weighted by atomic mass is 10.2. The van der Waals surface area contributed by atoms with Crippen molar-refractivity contribution in [3.05, 3.63) is 18.2 Å². The fourth-order valence-electron chi connectivity index (χ4n) is 1.58. The van der Waals surface area contributed by atoms with Gasteiger partial charge in [-0.1, -0.05) is 6.07 Å². The van der Waals surface area contributed by atoms with Gasteiger partial charge in [0.2, 0.25) is 5.88 Å². The minimum atomic E-state index is 0.384. The Hall–Kier alpha value is -1.29. The Bertz CT molecular complexity index is 311. The number of ether oxygens (including phenoxy) is 2. The number of anilines is 1. The van der Waals surface area contributed by atoms with E-state index in [4.69, 9.17) is 9.47 Å². The van der Waals surface area contributed by atoms with E-state index in [1.165, 1.54) is 0 Å². The summed E-state index contributed by atoms with van der Waals surface area (Å²) in [5.41, 5.74) is 0. The Kier molecular flexibility index (Phi) is 3.40. The van der Waals surface area contributed by atoms with Crippen molar-refractivity contribution in [1.29, 1.82) is 0 Å². The number of rotatable bonds is 4. The van der Waals surface area contributed by atoms with Gasteiger partial charge in [-0.25, -0.2) is 0 Å². The molecule has 4 heteroatoms. The van der Waals surface area contributed by atoms with Gasteiger partial charge in [0.05, 0.1) is 19.3 Å². The molecule has 82 valence electrons. The van der Waals surface area contributed by atoms with Crippen LogP contribution >= 0.6 is 0 Å². The van der Waals surface area contributed by atoms with Crippen molar-refractivity contribution in [3.8, 4) is 5.88 Å². The molecule has 1 unspecified atom stereocenters. The quantitative estimate of drug-likeness (QED) is 0.817. The lowest BCUT2D eigenvalue weighted by Gasteiger charge is -2.11. The van der Waals surface area contributed by atoms with Gasteiger partial charge in [0.15, 0.2) is 0 Å². The van der Waals surface area contributed by atoms with Gasteiger partial charge in [0.1, 0.15) is 5.82 Å². The third kappa shape index (κ3) is 2.83. The molecular formula is C11H16N2O2. The second kappa shape index (κ2) is 4.98. The molecule has 1 atom stereocenters. The Balaban J connectivity index is 1.97. The Morgan fingerprint density at radius 2 is 2.53 bits per heavy atom. The first kappa shape index (κ1) is 10.2. The first-order chi connectivity index (χ1) is 7.38. The molecule has 4 nitrogen and oxygen atoms in total. The standard InChI is InChI=1S/C11H16N2O2/c1-2-15-11-5-3-4-10(13-11)12-9-6-7-14-8-9/h3-5,9H,2,6-8H2,1H3,(H,12,13). The fourth-order valence-corrected chi connectivity index (χ4v) is 1.58. The third-order valence-corrected chi connectivity index (χ3v) is 2.30. The molecule has 1 N–H and O–H groups in total. The van der Waals surface area contributed by atoms with Gasteiger partial charge in [0, 0.05) is 12.7 Å². The molecule has 1 aliphatic rings. The molecule has 0 aromatic carbocycles. The zero-order valence-electron chi connectivity index (χ0n) is 8.90. The molecule has 1 aromatic rings. The van der Waals surface area contributed by atoms with Crippen LogP contribution in [-0.4, -0.2) is 30.8 Å². The van der Waals surface area contributed by atoms with E-state index in [9.17, 15) is 0 Å². The molecule has 15 heavy (non-hydrogen) atoms. The van der Waals surface area contributed by atoms with Crippen LogP contribution in [0.1, 0.15) is 13.3 Å². The maximum absolute atomic E-state index is 5.33. The fraction of sp³-hybridized carbons (Fsp3) is 0.545. The van der Waals surface area contributed by atoms with Crippen LogP contribution < -0.4 is 10.1 Å². The highest BCUT2D eigenvalue weighted by Crippen LogP contribution is 2.15. The van der Waals surface area contributed by atoms with Gasteiger partial charge in [0.25, 0.3) is 0 Å². The van der Waals surface area contributed by atoms with E-state index < -0.39 is 0 Å². The number of nitrogens with one attached hydrogen (secondary N) is 1. The molecule has 0 radical (unpaired) electrons. The van der Waals surface area contributed by atoms with E-state index in [0.717, 1.165) is 25.5 Å². The topological polar surface area (TPSA) is 43.4 Å². The van der Waals surface area contributed by atoms with Gasteiger partial charge < -0.3 is 14.8 Å². The number of aromatic nitrogens is 1. The first-order valence-electron chi connectivity index (χ1n) is 5.32. The van der Waals surface area contributed by atoms with E-state index in [-0.39, 0.29) is 0 Å².